The van der Waals surface area contributed by atoms with Crippen LogP contribution in [0.1, 0.15) is 40.0 Å². The molecular formula is C14H23NO. The molecule has 0 aromatic heterocycles. The third kappa shape index (κ3) is 4.56. The summed E-state index contributed by atoms with van der Waals surface area (Å²) in [7, 11) is 0. The normalized spacial score (nSPS) is 12.2. The van der Waals surface area contributed by atoms with E-state index in [0.717, 1.165) is 12.4 Å². The van der Waals surface area contributed by atoms with Gasteiger partial charge in [-0.15, -0.1) is 0 Å². The molecule has 16 heavy (non-hydrogen) atoms. The third-order valence-electron chi connectivity index (χ3n) is 2.57. The van der Waals surface area contributed by atoms with E-state index in [-0.39, 0.29) is 0 Å². The minimum absolute atomic E-state index is 0.540. The summed E-state index contributed by atoms with van der Waals surface area (Å²) in [5, 5.41) is 3.49. The van der Waals surface area contributed by atoms with E-state index >= 15 is 0 Å². The Morgan fingerprint density at radius 2 is 1.88 bits per heavy atom. The first-order chi connectivity index (χ1) is 7.76. The number of benzene rings is 1. The second kappa shape index (κ2) is 7.15. The fourth-order valence-electron chi connectivity index (χ4n) is 1.68. The Balaban J connectivity index is 2.41. The number of anilines is 1. The predicted molar refractivity (Wildman–Crippen MR) is 70.2 cm³/mol. The van der Waals surface area contributed by atoms with Gasteiger partial charge in [0.15, 0.2) is 0 Å². The summed E-state index contributed by atoms with van der Waals surface area (Å²) in [6, 6.07) is 8.72. The van der Waals surface area contributed by atoms with E-state index in [9.17, 15) is 0 Å². The van der Waals surface area contributed by atoms with Crippen molar-refractivity contribution >= 4 is 5.69 Å². The second-order valence-corrected chi connectivity index (χ2v) is 4.15. The molecule has 0 heterocycles. The Morgan fingerprint density at radius 1 is 1.19 bits per heavy atom. The van der Waals surface area contributed by atoms with Crippen LogP contribution in [0.3, 0.4) is 0 Å². The lowest BCUT2D eigenvalue weighted by Crippen LogP contribution is -2.14. The summed E-state index contributed by atoms with van der Waals surface area (Å²) in [5.74, 6) is 0.939. The summed E-state index contributed by atoms with van der Waals surface area (Å²) >= 11 is 0. The van der Waals surface area contributed by atoms with Crippen LogP contribution in [-0.2, 0) is 0 Å². The Kier molecular flexibility index (Phi) is 5.76. The van der Waals surface area contributed by atoms with Crippen molar-refractivity contribution in [3.05, 3.63) is 24.3 Å². The van der Waals surface area contributed by atoms with Crippen molar-refractivity contribution in [3.63, 3.8) is 0 Å². The molecule has 2 nitrogen and oxygen atoms in total. The van der Waals surface area contributed by atoms with Crippen molar-refractivity contribution < 1.29 is 4.74 Å². The van der Waals surface area contributed by atoms with Crippen molar-refractivity contribution in [2.75, 3.05) is 11.9 Å². The summed E-state index contributed by atoms with van der Waals surface area (Å²) in [6.45, 7) is 7.17. The van der Waals surface area contributed by atoms with Gasteiger partial charge in [0.1, 0.15) is 5.75 Å². The monoisotopic (exact) mass is 221 g/mol. The lowest BCUT2D eigenvalue weighted by molar-refractivity contribution is 0.340. The molecule has 1 aromatic carbocycles. The molecule has 1 aromatic rings. The standard InChI is InChI=1S/C14H23NO/c1-4-6-7-12(3)15-13-8-10-14(11-9-13)16-5-2/h8-12,15H,4-7H2,1-3H3. The van der Waals surface area contributed by atoms with Gasteiger partial charge in [-0.05, 0) is 44.5 Å². The molecule has 0 aliphatic rings. The van der Waals surface area contributed by atoms with Crippen LogP contribution in [0.4, 0.5) is 5.69 Å². The number of unbranched alkanes of at least 4 members (excludes halogenated alkanes) is 1. The summed E-state index contributed by atoms with van der Waals surface area (Å²) in [4.78, 5) is 0. The van der Waals surface area contributed by atoms with Crippen LogP contribution < -0.4 is 10.1 Å². The SMILES string of the molecule is CCCCC(C)Nc1ccc(OCC)cc1. The molecule has 0 saturated heterocycles. The highest BCUT2D eigenvalue weighted by molar-refractivity contribution is 5.46. The molecule has 1 unspecified atom stereocenters. The van der Waals surface area contributed by atoms with E-state index < -0.39 is 0 Å². The zero-order valence-electron chi connectivity index (χ0n) is 10.6. The molecule has 0 radical (unpaired) electrons. The third-order valence-corrected chi connectivity index (χ3v) is 2.57. The molecule has 0 spiro atoms. The second-order valence-electron chi connectivity index (χ2n) is 4.15. The maximum atomic E-state index is 5.40. The van der Waals surface area contributed by atoms with Gasteiger partial charge in [0.25, 0.3) is 0 Å². The number of hydrogen-bond acceptors (Lipinski definition) is 2. The lowest BCUT2D eigenvalue weighted by atomic mass is 10.1. The first kappa shape index (κ1) is 12.9. The van der Waals surface area contributed by atoms with E-state index in [2.05, 4.69) is 31.3 Å². The highest BCUT2D eigenvalue weighted by Gasteiger charge is 2.01. The minimum atomic E-state index is 0.540. The molecule has 0 aliphatic heterocycles. The molecule has 1 N–H and O–H groups in total. The molecule has 1 rings (SSSR count). The smallest absolute Gasteiger partial charge is 0.119 e. The summed E-state index contributed by atoms with van der Waals surface area (Å²) in [6.07, 6.45) is 3.77. The van der Waals surface area contributed by atoms with Crippen LogP contribution in [0.2, 0.25) is 0 Å². The molecular weight excluding hydrogens is 198 g/mol. The van der Waals surface area contributed by atoms with Gasteiger partial charge in [-0.1, -0.05) is 19.8 Å². The molecule has 2 heteroatoms. The highest BCUT2D eigenvalue weighted by atomic mass is 16.5. The largest absolute Gasteiger partial charge is 0.494 e. The topological polar surface area (TPSA) is 21.3 Å². The molecule has 1 atom stereocenters. The zero-order valence-corrected chi connectivity index (χ0v) is 10.6. The van der Waals surface area contributed by atoms with E-state index in [1.165, 1.54) is 24.9 Å². The Hall–Kier alpha value is -1.18. The predicted octanol–water partition coefficient (Wildman–Crippen LogP) is 4.08. The van der Waals surface area contributed by atoms with E-state index in [1.54, 1.807) is 0 Å². The van der Waals surface area contributed by atoms with E-state index in [4.69, 9.17) is 4.74 Å². The molecule has 0 amide bonds. The quantitative estimate of drug-likeness (QED) is 0.749. The van der Waals surface area contributed by atoms with Crippen LogP contribution in [0, 0.1) is 0 Å². The summed E-state index contributed by atoms with van der Waals surface area (Å²) < 4.78 is 5.40. The fourth-order valence-corrected chi connectivity index (χ4v) is 1.68. The first-order valence-electron chi connectivity index (χ1n) is 6.25. The van der Waals surface area contributed by atoms with Crippen LogP contribution in [0.15, 0.2) is 24.3 Å². The van der Waals surface area contributed by atoms with Crippen molar-refractivity contribution in [1.82, 2.24) is 0 Å². The van der Waals surface area contributed by atoms with Gasteiger partial charge in [-0.2, -0.15) is 0 Å². The van der Waals surface area contributed by atoms with Gasteiger partial charge in [-0.3, -0.25) is 0 Å². The molecule has 0 bridgehead atoms. The molecule has 0 fully saturated rings. The number of ether oxygens (including phenoxy) is 1. The van der Waals surface area contributed by atoms with Gasteiger partial charge < -0.3 is 10.1 Å². The van der Waals surface area contributed by atoms with Gasteiger partial charge in [0.2, 0.25) is 0 Å². The van der Waals surface area contributed by atoms with E-state index in [1.807, 2.05) is 19.1 Å². The number of hydrogen-bond donors (Lipinski definition) is 1. The molecule has 0 saturated carbocycles. The van der Waals surface area contributed by atoms with Crippen LogP contribution in [-0.4, -0.2) is 12.6 Å². The zero-order chi connectivity index (χ0) is 11.8. The van der Waals surface area contributed by atoms with Gasteiger partial charge in [0, 0.05) is 11.7 Å². The number of rotatable bonds is 7. The van der Waals surface area contributed by atoms with E-state index in [0.29, 0.717) is 6.04 Å². The van der Waals surface area contributed by atoms with Crippen molar-refractivity contribution in [2.24, 2.45) is 0 Å². The number of nitrogens with one attached hydrogen (secondary N) is 1. The fraction of sp³-hybridized carbons (Fsp3) is 0.571. The molecule has 0 aliphatic carbocycles. The molecule has 90 valence electrons. The minimum Gasteiger partial charge on any atom is -0.494 e. The van der Waals surface area contributed by atoms with Gasteiger partial charge in [0.05, 0.1) is 6.61 Å². The highest BCUT2D eigenvalue weighted by Crippen LogP contribution is 2.17. The lowest BCUT2D eigenvalue weighted by Gasteiger charge is -2.15. The summed E-state index contributed by atoms with van der Waals surface area (Å²) in [5.41, 5.74) is 1.17. The van der Waals surface area contributed by atoms with Crippen LogP contribution >= 0.6 is 0 Å². The van der Waals surface area contributed by atoms with Gasteiger partial charge in [-0.25, -0.2) is 0 Å². The average molecular weight is 221 g/mol. The maximum Gasteiger partial charge on any atom is 0.119 e. The van der Waals surface area contributed by atoms with Gasteiger partial charge >= 0.3 is 0 Å². The average Bonchev–Trinajstić information content (AvgIpc) is 2.29. The Labute approximate surface area is 99.0 Å². The van der Waals surface area contributed by atoms with Crippen LogP contribution in [0.25, 0.3) is 0 Å². The van der Waals surface area contributed by atoms with Crippen molar-refractivity contribution in [1.29, 1.82) is 0 Å². The van der Waals surface area contributed by atoms with Crippen LogP contribution in [0.5, 0.6) is 5.75 Å². The van der Waals surface area contributed by atoms with Crippen molar-refractivity contribution in [3.8, 4) is 5.75 Å². The van der Waals surface area contributed by atoms with Crippen molar-refractivity contribution in [2.45, 2.75) is 46.1 Å². The Bertz CT molecular complexity index is 281. The maximum absolute atomic E-state index is 5.40. The Morgan fingerprint density at radius 3 is 2.44 bits per heavy atom. The first-order valence-corrected chi connectivity index (χ1v) is 6.25.